The highest BCUT2D eigenvalue weighted by Crippen LogP contribution is 2.27. The molecule has 0 aliphatic heterocycles. The first-order valence-corrected chi connectivity index (χ1v) is 8.59. The topological polar surface area (TPSA) is 45.5 Å². The van der Waals surface area contributed by atoms with Crippen molar-refractivity contribution in [2.24, 2.45) is 5.92 Å². The molecule has 1 aliphatic rings. The van der Waals surface area contributed by atoms with E-state index in [1.165, 1.54) is 5.52 Å². The quantitative estimate of drug-likeness (QED) is 0.922. The van der Waals surface area contributed by atoms with E-state index in [0.717, 1.165) is 36.8 Å². The molecule has 4 nitrogen and oxygen atoms in total. The fourth-order valence-electron chi connectivity index (χ4n) is 3.71. The number of amides is 1. The molecule has 3 rings (SSSR count). The number of rotatable bonds is 5. The molecule has 4 heteroatoms. The van der Waals surface area contributed by atoms with E-state index in [4.69, 9.17) is 0 Å². The van der Waals surface area contributed by atoms with Crippen LogP contribution in [0.2, 0.25) is 0 Å². The van der Waals surface area contributed by atoms with Crippen LogP contribution < -0.4 is 0 Å². The van der Waals surface area contributed by atoms with Crippen molar-refractivity contribution in [1.82, 2.24) is 9.47 Å². The number of benzene rings is 1. The van der Waals surface area contributed by atoms with Crippen molar-refractivity contribution in [3.63, 3.8) is 0 Å². The normalized spacial score (nSPS) is 21.0. The Morgan fingerprint density at radius 3 is 2.83 bits per heavy atom. The van der Waals surface area contributed by atoms with Gasteiger partial charge in [0.05, 0.1) is 12.5 Å². The first-order chi connectivity index (χ1) is 11.1. The first-order valence-electron chi connectivity index (χ1n) is 8.59. The van der Waals surface area contributed by atoms with E-state index in [-0.39, 0.29) is 17.9 Å². The molecule has 23 heavy (non-hydrogen) atoms. The molecule has 0 saturated heterocycles. The number of aryl methyl sites for hydroxylation is 1. The summed E-state index contributed by atoms with van der Waals surface area (Å²) in [6.45, 7) is 3.68. The number of hydrogen-bond acceptors (Lipinski definition) is 2. The van der Waals surface area contributed by atoms with Gasteiger partial charge in [0.25, 0.3) is 0 Å². The molecular weight excluding hydrogens is 288 g/mol. The maximum atomic E-state index is 12.6. The van der Waals surface area contributed by atoms with Crippen molar-refractivity contribution < 1.29 is 9.90 Å². The number of hydrogen-bond donors (Lipinski definition) is 1. The largest absolute Gasteiger partial charge is 0.393 e. The summed E-state index contributed by atoms with van der Waals surface area (Å²) in [5, 5.41) is 11.1. The maximum absolute atomic E-state index is 12.6. The lowest BCUT2D eigenvalue weighted by Gasteiger charge is -2.23. The molecule has 2 unspecified atom stereocenters. The minimum absolute atomic E-state index is 0.128. The van der Waals surface area contributed by atoms with E-state index in [1.54, 1.807) is 4.90 Å². The summed E-state index contributed by atoms with van der Waals surface area (Å²) < 4.78 is 2.19. The van der Waals surface area contributed by atoms with Crippen LogP contribution in [-0.2, 0) is 17.8 Å². The average molecular weight is 314 g/mol. The molecule has 2 atom stereocenters. The molecule has 124 valence electrons. The van der Waals surface area contributed by atoms with Gasteiger partial charge in [0.2, 0.25) is 5.91 Å². The Morgan fingerprint density at radius 1 is 1.35 bits per heavy atom. The van der Waals surface area contributed by atoms with Crippen LogP contribution in [0.5, 0.6) is 0 Å². The van der Waals surface area contributed by atoms with E-state index in [2.05, 4.69) is 29.8 Å². The summed E-state index contributed by atoms with van der Waals surface area (Å²) in [6.07, 6.45) is 5.24. The van der Waals surface area contributed by atoms with Gasteiger partial charge in [0, 0.05) is 43.2 Å². The van der Waals surface area contributed by atoms with Crippen molar-refractivity contribution in [2.75, 3.05) is 13.6 Å². The van der Waals surface area contributed by atoms with Gasteiger partial charge < -0.3 is 14.6 Å². The molecule has 1 aliphatic carbocycles. The van der Waals surface area contributed by atoms with Crippen molar-refractivity contribution in [2.45, 2.75) is 45.3 Å². The van der Waals surface area contributed by atoms with E-state index in [1.807, 2.05) is 19.2 Å². The van der Waals surface area contributed by atoms with Crippen molar-refractivity contribution in [1.29, 1.82) is 0 Å². The van der Waals surface area contributed by atoms with E-state index >= 15 is 0 Å². The highest BCUT2D eigenvalue weighted by atomic mass is 16.3. The number of aromatic nitrogens is 1. The monoisotopic (exact) mass is 314 g/mol. The second-order valence-corrected chi connectivity index (χ2v) is 6.67. The third-order valence-electron chi connectivity index (χ3n) is 5.11. The summed E-state index contributed by atoms with van der Waals surface area (Å²) in [5.74, 6) is 0.365. The van der Waals surface area contributed by atoms with Gasteiger partial charge in [-0.25, -0.2) is 0 Å². The smallest absolute Gasteiger partial charge is 0.226 e. The second-order valence-electron chi connectivity index (χ2n) is 6.67. The third kappa shape index (κ3) is 3.27. The Kier molecular flexibility index (Phi) is 4.71. The zero-order chi connectivity index (χ0) is 16.4. The van der Waals surface area contributed by atoms with Gasteiger partial charge in [0.1, 0.15) is 0 Å². The third-order valence-corrected chi connectivity index (χ3v) is 5.11. The van der Waals surface area contributed by atoms with Crippen LogP contribution >= 0.6 is 0 Å². The van der Waals surface area contributed by atoms with Gasteiger partial charge >= 0.3 is 0 Å². The molecule has 1 fully saturated rings. The molecule has 1 saturated carbocycles. The van der Waals surface area contributed by atoms with E-state index in [9.17, 15) is 9.90 Å². The Morgan fingerprint density at radius 2 is 2.13 bits per heavy atom. The van der Waals surface area contributed by atoms with Crippen molar-refractivity contribution in [3.05, 3.63) is 36.0 Å². The number of fused-ring (bicyclic) bond motifs is 1. The van der Waals surface area contributed by atoms with Crippen LogP contribution in [0, 0.1) is 5.92 Å². The van der Waals surface area contributed by atoms with Crippen molar-refractivity contribution >= 4 is 16.8 Å². The molecule has 1 N–H and O–H groups in total. The highest BCUT2D eigenvalue weighted by Gasteiger charge is 2.27. The number of nitrogens with zero attached hydrogens (tertiary/aromatic N) is 2. The zero-order valence-electron chi connectivity index (χ0n) is 14.0. The van der Waals surface area contributed by atoms with Crippen LogP contribution in [-0.4, -0.2) is 40.2 Å². The lowest BCUT2D eigenvalue weighted by molar-refractivity contribution is -0.130. The van der Waals surface area contributed by atoms with Crippen LogP contribution in [0.25, 0.3) is 10.9 Å². The van der Waals surface area contributed by atoms with Crippen LogP contribution in [0.15, 0.2) is 30.5 Å². The van der Waals surface area contributed by atoms with Crippen LogP contribution in [0.3, 0.4) is 0 Å². The molecule has 1 aromatic heterocycles. The minimum atomic E-state index is -0.243. The van der Waals surface area contributed by atoms with Crippen LogP contribution in [0.1, 0.15) is 31.7 Å². The van der Waals surface area contributed by atoms with Gasteiger partial charge in [-0.15, -0.1) is 0 Å². The Labute approximate surface area is 137 Å². The zero-order valence-corrected chi connectivity index (χ0v) is 14.0. The summed E-state index contributed by atoms with van der Waals surface area (Å²) >= 11 is 0. The number of aliphatic hydroxyl groups is 1. The molecule has 0 bridgehead atoms. The summed E-state index contributed by atoms with van der Waals surface area (Å²) in [5.41, 5.74) is 2.28. The minimum Gasteiger partial charge on any atom is -0.393 e. The molecule has 0 radical (unpaired) electrons. The molecule has 1 heterocycles. The van der Waals surface area contributed by atoms with Gasteiger partial charge in [-0.1, -0.05) is 24.6 Å². The fraction of sp³-hybridized carbons (Fsp3) is 0.526. The van der Waals surface area contributed by atoms with Gasteiger partial charge in [-0.05, 0) is 31.4 Å². The maximum Gasteiger partial charge on any atom is 0.226 e. The second kappa shape index (κ2) is 6.75. The molecule has 2 aromatic rings. The van der Waals surface area contributed by atoms with Gasteiger partial charge in [0.15, 0.2) is 0 Å². The highest BCUT2D eigenvalue weighted by molar-refractivity contribution is 5.89. The average Bonchev–Trinajstić information content (AvgIpc) is 3.11. The molecule has 1 amide bonds. The number of carbonyl (C=O) groups is 1. The van der Waals surface area contributed by atoms with E-state index < -0.39 is 0 Å². The Bertz CT molecular complexity index is 692. The van der Waals surface area contributed by atoms with Gasteiger partial charge in [-0.2, -0.15) is 0 Å². The number of aliphatic hydroxyl groups excluding tert-OH is 1. The predicted molar refractivity (Wildman–Crippen MR) is 92.3 cm³/mol. The Hall–Kier alpha value is -1.81. The van der Waals surface area contributed by atoms with Crippen LogP contribution in [0.4, 0.5) is 0 Å². The first kappa shape index (κ1) is 16.1. The van der Waals surface area contributed by atoms with Crippen molar-refractivity contribution in [3.8, 4) is 0 Å². The number of para-hydroxylation sites is 1. The molecular formula is C19H26N2O2. The molecule has 0 spiro atoms. The van der Waals surface area contributed by atoms with Gasteiger partial charge in [-0.3, -0.25) is 4.79 Å². The summed E-state index contributed by atoms with van der Waals surface area (Å²) in [4.78, 5) is 14.4. The number of carbonyl (C=O) groups excluding carboxylic acids is 1. The molecule has 1 aromatic carbocycles. The lowest BCUT2D eigenvalue weighted by Crippen LogP contribution is -2.35. The standard InChI is InChI=1S/C19H26N2O2/c1-3-21-13-15(16-8-4-5-9-17(16)21)11-19(23)20(2)12-14-7-6-10-18(14)22/h4-5,8-9,13-14,18,22H,3,6-7,10-12H2,1-2H3. The SMILES string of the molecule is CCn1cc(CC(=O)N(C)CC2CCCC2O)c2ccccc21. The summed E-state index contributed by atoms with van der Waals surface area (Å²) in [6, 6.07) is 8.25. The number of likely N-dealkylation sites (N-methyl/N-ethyl adjacent to an activating group) is 1. The van der Waals surface area contributed by atoms with E-state index in [0.29, 0.717) is 13.0 Å². The predicted octanol–water partition coefficient (Wildman–Crippen LogP) is 2.82. The fourth-order valence-corrected chi connectivity index (χ4v) is 3.71. The Balaban J connectivity index is 1.72. The lowest BCUT2D eigenvalue weighted by atomic mass is 10.0. The summed E-state index contributed by atoms with van der Waals surface area (Å²) in [7, 11) is 1.85.